The zero-order valence-corrected chi connectivity index (χ0v) is 11.3. The van der Waals surface area contributed by atoms with Crippen LogP contribution in [-0.2, 0) is 9.53 Å². The maximum Gasteiger partial charge on any atom is 0.227 e. The van der Waals surface area contributed by atoms with Gasteiger partial charge in [-0.25, -0.2) is 0 Å². The van der Waals surface area contributed by atoms with Gasteiger partial charge in [0.1, 0.15) is 6.04 Å². The molecular formula is C15H22N2O2. The predicted molar refractivity (Wildman–Crippen MR) is 72.2 cm³/mol. The first kappa shape index (κ1) is 14.1. The molecule has 19 heavy (non-hydrogen) atoms. The lowest BCUT2D eigenvalue weighted by molar-refractivity contribution is -0.126. The molecule has 2 aliphatic rings. The van der Waals surface area contributed by atoms with Crippen molar-refractivity contribution in [1.82, 2.24) is 5.32 Å². The number of amides is 1. The van der Waals surface area contributed by atoms with E-state index < -0.39 is 0 Å². The van der Waals surface area contributed by atoms with E-state index in [2.05, 4.69) is 18.0 Å². The van der Waals surface area contributed by atoms with Crippen LogP contribution in [0.5, 0.6) is 0 Å². The van der Waals surface area contributed by atoms with Crippen molar-refractivity contribution in [2.75, 3.05) is 6.61 Å². The summed E-state index contributed by atoms with van der Waals surface area (Å²) in [6, 6.07) is 1.91. The Morgan fingerprint density at radius 1 is 1.37 bits per heavy atom. The highest BCUT2D eigenvalue weighted by molar-refractivity contribution is 5.80. The van der Waals surface area contributed by atoms with Gasteiger partial charge in [0.15, 0.2) is 0 Å². The minimum Gasteiger partial charge on any atom is -0.373 e. The summed E-state index contributed by atoms with van der Waals surface area (Å²) >= 11 is 0. The van der Waals surface area contributed by atoms with Crippen LogP contribution in [-0.4, -0.2) is 24.7 Å². The molecule has 4 nitrogen and oxygen atoms in total. The lowest BCUT2D eigenvalue weighted by Crippen LogP contribution is -2.44. The van der Waals surface area contributed by atoms with E-state index in [-0.39, 0.29) is 24.0 Å². The Bertz CT molecular complexity index is 369. The van der Waals surface area contributed by atoms with Crippen LogP contribution in [0.2, 0.25) is 0 Å². The molecule has 1 aliphatic heterocycles. The number of nitrogens with one attached hydrogen (secondary N) is 1. The predicted octanol–water partition coefficient (Wildman–Crippen LogP) is 2.17. The second-order valence-electron chi connectivity index (χ2n) is 5.48. The number of hydrogen-bond acceptors (Lipinski definition) is 3. The number of carbonyl (C=O) groups is 1. The summed E-state index contributed by atoms with van der Waals surface area (Å²) in [6.07, 6.45) is 7.86. The Balaban J connectivity index is 1.92. The van der Waals surface area contributed by atoms with Crippen molar-refractivity contribution < 1.29 is 9.53 Å². The van der Waals surface area contributed by atoms with Crippen molar-refractivity contribution >= 4 is 5.91 Å². The molecule has 0 radical (unpaired) electrons. The summed E-state index contributed by atoms with van der Waals surface area (Å²) in [5, 5.41) is 12.2. The van der Waals surface area contributed by atoms with Gasteiger partial charge in [-0.3, -0.25) is 4.79 Å². The van der Waals surface area contributed by atoms with Crippen LogP contribution in [0.25, 0.3) is 0 Å². The molecule has 104 valence electrons. The number of carbonyl (C=O) groups excluding carboxylic acids is 1. The molecule has 0 aromatic carbocycles. The Labute approximate surface area is 114 Å². The lowest BCUT2D eigenvalue weighted by Gasteiger charge is -2.27. The maximum atomic E-state index is 12.2. The van der Waals surface area contributed by atoms with E-state index in [1.807, 2.05) is 0 Å². The summed E-state index contributed by atoms with van der Waals surface area (Å²) in [5.74, 6) is 0.0728. The second-order valence-corrected chi connectivity index (χ2v) is 5.48. The van der Waals surface area contributed by atoms with Crippen molar-refractivity contribution in [2.45, 2.75) is 50.7 Å². The van der Waals surface area contributed by atoms with Gasteiger partial charge in [-0.1, -0.05) is 25.3 Å². The monoisotopic (exact) mass is 262 g/mol. The quantitative estimate of drug-likeness (QED) is 0.790. The average Bonchev–Trinajstić information content (AvgIpc) is 2.94. The Morgan fingerprint density at radius 2 is 2.11 bits per heavy atom. The van der Waals surface area contributed by atoms with E-state index in [0.717, 1.165) is 12.8 Å². The molecule has 1 aliphatic carbocycles. The lowest BCUT2D eigenvalue weighted by atomic mass is 9.84. The molecular weight excluding hydrogens is 240 g/mol. The van der Waals surface area contributed by atoms with Crippen molar-refractivity contribution in [3.8, 4) is 6.07 Å². The van der Waals surface area contributed by atoms with Gasteiger partial charge in [0, 0.05) is 6.61 Å². The van der Waals surface area contributed by atoms with E-state index in [1.165, 1.54) is 19.3 Å². The molecule has 2 rings (SSSR count). The highest BCUT2D eigenvalue weighted by Gasteiger charge is 2.34. The zero-order valence-electron chi connectivity index (χ0n) is 11.3. The Kier molecular flexibility index (Phi) is 4.98. The first-order valence-corrected chi connectivity index (χ1v) is 7.20. The highest BCUT2D eigenvalue weighted by Crippen LogP contribution is 2.27. The first-order valence-electron chi connectivity index (χ1n) is 7.20. The van der Waals surface area contributed by atoms with Crippen molar-refractivity contribution in [2.24, 2.45) is 11.8 Å². The third-order valence-electron chi connectivity index (χ3n) is 4.26. The van der Waals surface area contributed by atoms with E-state index in [4.69, 9.17) is 4.74 Å². The number of hydrogen-bond donors (Lipinski definition) is 1. The Hall–Kier alpha value is -1.34. The molecule has 1 saturated carbocycles. The average molecular weight is 262 g/mol. The molecule has 1 amide bonds. The smallest absolute Gasteiger partial charge is 0.227 e. The summed E-state index contributed by atoms with van der Waals surface area (Å²) in [7, 11) is 0. The number of rotatable bonds is 4. The van der Waals surface area contributed by atoms with Crippen LogP contribution in [0.3, 0.4) is 0 Å². The van der Waals surface area contributed by atoms with Gasteiger partial charge >= 0.3 is 0 Å². The summed E-state index contributed by atoms with van der Waals surface area (Å²) < 4.78 is 5.43. The standard InChI is InChI=1S/C15H22N2O2/c1-2-14-12(8-9-19-14)15(18)17-13(10-16)11-6-4-3-5-7-11/h2,11-14H,1,3-9H2,(H,17,18)/t12-,13?,14+/m1/s1. The second kappa shape index (κ2) is 6.72. The topological polar surface area (TPSA) is 62.1 Å². The molecule has 0 aromatic heterocycles. The number of ether oxygens (including phenoxy) is 1. The summed E-state index contributed by atoms with van der Waals surface area (Å²) in [6.45, 7) is 4.29. The minimum absolute atomic E-state index is 0.0560. The van der Waals surface area contributed by atoms with Gasteiger partial charge in [0.05, 0.1) is 18.1 Å². The largest absolute Gasteiger partial charge is 0.373 e. The first-order chi connectivity index (χ1) is 9.26. The van der Waals surface area contributed by atoms with E-state index in [9.17, 15) is 10.1 Å². The fraction of sp³-hybridized carbons (Fsp3) is 0.733. The van der Waals surface area contributed by atoms with Crippen molar-refractivity contribution in [3.63, 3.8) is 0 Å². The molecule has 1 heterocycles. The number of nitrogens with zero attached hydrogens (tertiary/aromatic N) is 1. The van der Waals surface area contributed by atoms with Crippen LogP contribution in [0.1, 0.15) is 38.5 Å². The summed E-state index contributed by atoms with van der Waals surface area (Å²) in [4.78, 5) is 12.2. The van der Waals surface area contributed by atoms with Crippen LogP contribution >= 0.6 is 0 Å². The third kappa shape index (κ3) is 3.36. The van der Waals surface area contributed by atoms with Crippen LogP contribution in [0, 0.1) is 23.2 Å². The van der Waals surface area contributed by atoms with E-state index in [1.54, 1.807) is 6.08 Å². The minimum atomic E-state index is -0.348. The molecule has 4 heteroatoms. The van der Waals surface area contributed by atoms with Crippen LogP contribution < -0.4 is 5.32 Å². The Morgan fingerprint density at radius 3 is 2.74 bits per heavy atom. The fourth-order valence-electron chi connectivity index (χ4n) is 3.11. The SMILES string of the molecule is C=C[C@@H]1OCC[C@H]1C(=O)NC(C#N)C1CCCCC1. The van der Waals surface area contributed by atoms with Gasteiger partial charge in [0.25, 0.3) is 0 Å². The molecule has 0 bridgehead atoms. The van der Waals surface area contributed by atoms with E-state index in [0.29, 0.717) is 18.9 Å². The molecule has 0 spiro atoms. The van der Waals surface area contributed by atoms with E-state index >= 15 is 0 Å². The third-order valence-corrected chi connectivity index (χ3v) is 4.26. The normalized spacial score (nSPS) is 29.4. The van der Waals surface area contributed by atoms with Crippen LogP contribution in [0.15, 0.2) is 12.7 Å². The summed E-state index contributed by atoms with van der Waals surface area (Å²) in [5.41, 5.74) is 0. The highest BCUT2D eigenvalue weighted by atomic mass is 16.5. The molecule has 1 saturated heterocycles. The molecule has 0 aromatic rings. The van der Waals surface area contributed by atoms with Gasteiger partial charge in [-0.15, -0.1) is 6.58 Å². The zero-order chi connectivity index (χ0) is 13.7. The molecule has 3 atom stereocenters. The molecule has 2 fully saturated rings. The van der Waals surface area contributed by atoms with Gasteiger partial charge in [0.2, 0.25) is 5.91 Å². The molecule has 1 N–H and O–H groups in total. The molecule has 1 unspecified atom stereocenters. The maximum absolute atomic E-state index is 12.2. The van der Waals surface area contributed by atoms with Crippen molar-refractivity contribution in [1.29, 1.82) is 5.26 Å². The fourth-order valence-corrected chi connectivity index (χ4v) is 3.11. The van der Waals surface area contributed by atoms with Gasteiger partial charge < -0.3 is 10.1 Å². The van der Waals surface area contributed by atoms with Crippen molar-refractivity contribution in [3.05, 3.63) is 12.7 Å². The van der Waals surface area contributed by atoms with Crippen LogP contribution in [0.4, 0.5) is 0 Å². The van der Waals surface area contributed by atoms with Gasteiger partial charge in [-0.2, -0.15) is 5.26 Å². The number of nitriles is 1. The van der Waals surface area contributed by atoms with Gasteiger partial charge in [-0.05, 0) is 25.2 Å².